The summed E-state index contributed by atoms with van der Waals surface area (Å²) in [5.41, 5.74) is 0. The molecule has 9 heavy (non-hydrogen) atoms. The maximum atomic E-state index is 5.85. The summed E-state index contributed by atoms with van der Waals surface area (Å²) in [6, 6.07) is 0.983. The standard InChI is InChI=1S/C5H13Cl2NSi/c1-8-4-3-5-9(2,6)7/h8H,3-5H2,1-2H3. The van der Waals surface area contributed by atoms with Gasteiger partial charge in [0.1, 0.15) is 0 Å². The molecule has 0 heterocycles. The summed E-state index contributed by atoms with van der Waals surface area (Å²) in [5, 5.41) is 3.05. The Balaban J connectivity index is 3.07. The monoisotopic (exact) mass is 185 g/mol. The molecule has 0 saturated heterocycles. The molecule has 0 radical (unpaired) electrons. The maximum absolute atomic E-state index is 5.85. The summed E-state index contributed by atoms with van der Waals surface area (Å²) in [4.78, 5) is 0. The predicted octanol–water partition coefficient (Wildman–Crippen LogP) is 2.15. The number of rotatable bonds is 4. The summed E-state index contributed by atoms with van der Waals surface area (Å²) >= 11 is 11.7. The largest absolute Gasteiger partial charge is 0.320 e. The van der Waals surface area contributed by atoms with Crippen LogP contribution in [0.4, 0.5) is 0 Å². The average molecular weight is 186 g/mol. The van der Waals surface area contributed by atoms with Crippen molar-refractivity contribution in [3.63, 3.8) is 0 Å². The molecule has 0 aliphatic heterocycles. The van der Waals surface area contributed by atoms with E-state index < -0.39 is 6.69 Å². The van der Waals surface area contributed by atoms with Gasteiger partial charge in [0.2, 0.25) is 6.69 Å². The second-order valence-electron chi connectivity index (χ2n) is 2.28. The Morgan fingerprint density at radius 1 is 1.44 bits per heavy atom. The van der Waals surface area contributed by atoms with E-state index in [1.54, 1.807) is 0 Å². The van der Waals surface area contributed by atoms with Gasteiger partial charge in [0, 0.05) is 0 Å². The molecule has 0 saturated carbocycles. The zero-order valence-electron chi connectivity index (χ0n) is 5.88. The third-order valence-electron chi connectivity index (χ3n) is 1.04. The van der Waals surface area contributed by atoms with Crippen molar-refractivity contribution in [3.05, 3.63) is 0 Å². The van der Waals surface area contributed by atoms with Gasteiger partial charge >= 0.3 is 0 Å². The molecule has 1 nitrogen and oxygen atoms in total. The molecule has 4 heteroatoms. The molecular formula is C5H13Cl2NSi. The van der Waals surface area contributed by atoms with Gasteiger partial charge in [0.25, 0.3) is 0 Å². The highest BCUT2D eigenvalue weighted by atomic mass is 35.7. The first-order valence-electron chi connectivity index (χ1n) is 3.09. The van der Waals surface area contributed by atoms with Crippen molar-refractivity contribution in [1.82, 2.24) is 5.32 Å². The molecule has 1 N–H and O–H groups in total. The van der Waals surface area contributed by atoms with Crippen LogP contribution < -0.4 is 5.32 Å². The van der Waals surface area contributed by atoms with E-state index in [-0.39, 0.29) is 0 Å². The summed E-state index contributed by atoms with van der Waals surface area (Å²) in [6.07, 6.45) is 1.09. The van der Waals surface area contributed by atoms with Crippen LogP contribution in [0.5, 0.6) is 0 Å². The molecule has 0 amide bonds. The first-order valence-corrected chi connectivity index (χ1v) is 7.82. The van der Waals surface area contributed by atoms with E-state index in [4.69, 9.17) is 22.2 Å². The Hall–Kier alpha value is 0.757. The zero-order chi connectivity index (χ0) is 7.33. The molecule has 0 aromatic rings. The van der Waals surface area contributed by atoms with E-state index in [1.165, 1.54) is 0 Å². The smallest absolute Gasteiger partial charge is 0.248 e. The lowest BCUT2D eigenvalue weighted by molar-refractivity contribution is 0.768. The predicted molar refractivity (Wildman–Crippen MR) is 46.7 cm³/mol. The van der Waals surface area contributed by atoms with Crippen LogP contribution in [-0.2, 0) is 0 Å². The van der Waals surface area contributed by atoms with E-state index in [0.29, 0.717) is 0 Å². The van der Waals surface area contributed by atoms with E-state index >= 15 is 0 Å². The minimum Gasteiger partial charge on any atom is -0.320 e. The van der Waals surface area contributed by atoms with E-state index in [9.17, 15) is 0 Å². The van der Waals surface area contributed by atoms with Crippen LogP contribution in [0.25, 0.3) is 0 Å². The Labute approximate surface area is 67.1 Å². The fourth-order valence-corrected chi connectivity index (χ4v) is 2.17. The van der Waals surface area contributed by atoms with Gasteiger partial charge in [-0.2, -0.15) is 0 Å². The molecule has 0 bridgehead atoms. The molecule has 0 atom stereocenters. The van der Waals surface area contributed by atoms with Crippen LogP contribution in [0.15, 0.2) is 0 Å². The third-order valence-corrected chi connectivity index (χ3v) is 3.41. The summed E-state index contributed by atoms with van der Waals surface area (Å²) in [5.74, 6) is 0. The highest BCUT2D eigenvalue weighted by molar-refractivity contribution is 7.44. The number of hydrogen-bond acceptors (Lipinski definition) is 1. The van der Waals surface area contributed by atoms with Crippen LogP contribution >= 0.6 is 22.2 Å². The van der Waals surface area contributed by atoms with Gasteiger partial charge in [-0.15, -0.1) is 22.2 Å². The van der Waals surface area contributed by atoms with Crippen molar-refractivity contribution in [2.75, 3.05) is 13.6 Å². The lowest BCUT2D eigenvalue weighted by atomic mass is 10.5. The van der Waals surface area contributed by atoms with Crippen LogP contribution in [0.2, 0.25) is 12.6 Å². The Kier molecular flexibility index (Phi) is 4.94. The van der Waals surface area contributed by atoms with Gasteiger partial charge in [-0.25, -0.2) is 0 Å². The van der Waals surface area contributed by atoms with Gasteiger partial charge in [-0.1, -0.05) is 0 Å². The molecule has 0 aromatic carbocycles. The first kappa shape index (κ1) is 9.76. The highest BCUT2D eigenvalue weighted by Crippen LogP contribution is 2.20. The summed E-state index contributed by atoms with van der Waals surface area (Å²) < 4.78 is 0. The minimum absolute atomic E-state index is 0.983. The molecule has 0 spiro atoms. The lowest BCUT2D eigenvalue weighted by Crippen LogP contribution is -2.16. The zero-order valence-corrected chi connectivity index (χ0v) is 8.39. The molecule has 0 aliphatic carbocycles. The van der Waals surface area contributed by atoms with Gasteiger partial charge in [0.15, 0.2) is 0 Å². The van der Waals surface area contributed by atoms with Gasteiger partial charge in [0.05, 0.1) is 0 Å². The van der Waals surface area contributed by atoms with Crippen molar-refractivity contribution in [3.8, 4) is 0 Å². The Bertz CT molecular complexity index is 71.8. The van der Waals surface area contributed by atoms with Crippen LogP contribution in [-0.4, -0.2) is 20.3 Å². The van der Waals surface area contributed by atoms with Crippen molar-refractivity contribution in [2.24, 2.45) is 0 Å². The van der Waals surface area contributed by atoms with Crippen LogP contribution in [0.3, 0.4) is 0 Å². The topological polar surface area (TPSA) is 12.0 Å². The van der Waals surface area contributed by atoms with Crippen molar-refractivity contribution in [2.45, 2.75) is 19.0 Å². The third kappa shape index (κ3) is 8.76. The van der Waals surface area contributed by atoms with Gasteiger partial charge < -0.3 is 5.32 Å². The molecule has 0 unspecified atom stereocenters. The van der Waals surface area contributed by atoms with E-state index in [0.717, 1.165) is 19.0 Å². The Morgan fingerprint density at radius 2 is 2.00 bits per heavy atom. The molecule has 0 aliphatic rings. The second kappa shape index (κ2) is 4.55. The fraction of sp³-hybridized carbons (Fsp3) is 1.00. The fourth-order valence-electron chi connectivity index (χ4n) is 0.576. The number of hydrogen-bond donors (Lipinski definition) is 1. The lowest BCUT2D eigenvalue weighted by Gasteiger charge is -2.08. The minimum atomic E-state index is -1.79. The SMILES string of the molecule is CNCCC[Si](C)(Cl)Cl. The summed E-state index contributed by atoms with van der Waals surface area (Å²) in [6.45, 7) is 1.18. The van der Waals surface area contributed by atoms with Crippen molar-refractivity contribution >= 4 is 28.9 Å². The quantitative estimate of drug-likeness (QED) is 0.403. The van der Waals surface area contributed by atoms with Gasteiger partial charge in [-0.3, -0.25) is 0 Å². The van der Waals surface area contributed by atoms with Crippen molar-refractivity contribution < 1.29 is 0 Å². The molecule has 0 aromatic heterocycles. The van der Waals surface area contributed by atoms with E-state index in [1.807, 2.05) is 13.6 Å². The average Bonchev–Trinajstić information content (AvgIpc) is 1.63. The van der Waals surface area contributed by atoms with E-state index in [2.05, 4.69) is 5.32 Å². The maximum Gasteiger partial charge on any atom is 0.248 e. The number of halogens is 2. The van der Waals surface area contributed by atoms with Crippen LogP contribution in [0, 0.1) is 0 Å². The van der Waals surface area contributed by atoms with Gasteiger partial charge in [-0.05, 0) is 32.6 Å². The number of nitrogens with one attached hydrogen (secondary N) is 1. The molecule has 56 valence electrons. The highest BCUT2D eigenvalue weighted by Gasteiger charge is 2.19. The Morgan fingerprint density at radius 3 is 2.33 bits per heavy atom. The molecule has 0 fully saturated rings. The molecular weight excluding hydrogens is 173 g/mol. The molecule has 0 rings (SSSR count). The normalized spacial score (nSPS) is 12.0. The van der Waals surface area contributed by atoms with Crippen LogP contribution in [0.1, 0.15) is 6.42 Å². The first-order chi connectivity index (χ1) is 4.06. The summed E-state index contributed by atoms with van der Waals surface area (Å²) in [7, 11) is 1.93. The van der Waals surface area contributed by atoms with Crippen molar-refractivity contribution in [1.29, 1.82) is 0 Å². The second-order valence-corrected chi connectivity index (χ2v) is 10.5.